The van der Waals surface area contributed by atoms with Gasteiger partial charge in [-0.15, -0.1) is 0 Å². The molecule has 2 aromatic rings. The number of nitrogens with one attached hydrogen (secondary N) is 1. The van der Waals surface area contributed by atoms with Crippen LogP contribution in [0.3, 0.4) is 0 Å². The second kappa shape index (κ2) is 4.99. The first-order valence-electron chi connectivity index (χ1n) is 5.01. The molecule has 86 valence electrons. The van der Waals surface area contributed by atoms with E-state index in [9.17, 15) is 0 Å². The van der Waals surface area contributed by atoms with E-state index in [1.165, 1.54) is 0 Å². The summed E-state index contributed by atoms with van der Waals surface area (Å²) in [6.45, 7) is 2.71. The fourth-order valence-electron chi connectivity index (χ4n) is 1.48. The number of hydrogen-bond acceptors (Lipinski definition) is 4. The van der Waals surface area contributed by atoms with E-state index in [4.69, 9.17) is 16.3 Å². The fraction of sp³-hybridized carbons (Fsp3) is 0.364. The maximum absolute atomic E-state index is 6.06. The van der Waals surface area contributed by atoms with Gasteiger partial charge >= 0.3 is 0 Å². The summed E-state index contributed by atoms with van der Waals surface area (Å²) in [5, 5.41) is 4.86. The molecule has 1 unspecified atom stereocenters. The molecule has 3 nitrogen and oxygen atoms in total. The first-order chi connectivity index (χ1) is 7.70. The van der Waals surface area contributed by atoms with E-state index in [1.807, 2.05) is 18.2 Å². The molecular formula is C11H13ClN2OS. The van der Waals surface area contributed by atoms with Crippen LogP contribution in [-0.4, -0.2) is 24.7 Å². The predicted octanol–water partition coefficient (Wildman–Crippen LogP) is 3.40. The average molecular weight is 257 g/mol. The number of hydrogen-bond donors (Lipinski definition) is 1. The summed E-state index contributed by atoms with van der Waals surface area (Å²) in [5.74, 6) is 0. The van der Waals surface area contributed by atoms with E-state index in [0.29, 0.717) is 11.6 Å². The van der Waals surface area contributed by atoms with Gasteiger partial charge in [-0.25, -0.2) is 4.98 Å². The highest BCUT2D eigenvalue weighted by Crippen LogP contribution is 2.30. The fourth-order valence-corrected chi connectivity index (χ4v) is 2.76. The lowest BCUT2D eigenvalue weighted by molar-refractivity contribution is 0.190. The van der Waals surface area contributed by atoms with Crippen molar-refractivity contribution in [2.75, 3.05) is 19.0 Å². The average Bonchev–Trinajstić information content (AvgIpc) is 2.62. The van der Waals surface area contributed by atoms with Gasteiger partial charge in [-0.1, -0.05) is 29.0 Å². The van der Waals surface area contributed by atoms with Crippen LogP contribution < -0.4 is 5.32 Å². The second-order valence-corrected chi connectivity index (χ2v) is 5.04. The topological polar surface area (TPSA) is 34.1 Å². The van der Waals surface area contributed by atoms with E-state index in [1.54, 1.807) is 18.4 Å². The van der Waals surface area contributed by atoms with Gasteiger partial charge < -0.3 is 10.1 Å². The van der Waals surface area contributed by atoms with Crippen molar-refractivity contribution in [3.63, 3.8) is 0 Å². The molecule has 0 aliphatic carbocycles. The van der Waals surface area contributed by atoms with Crippen molar-refractivity contribution < 1.29 is 4.74 Å². The smallest absolute Gasteiger partial charge is 0.184 e. The van der Waals surface area contributed by atoms with Crippen LogP contribution in [0, 0.1) is 0 Å². The Morgan fingerprint density at radius 3 is 3.06 bits per heavy atom. The molecule has 0 amide bonds. The zero-order valence-corrected chi connectivity index (χ0v) is 10.7. The molecule has 1 heterocycles. The van der Waals surface area contributed by atoms with Crippen LogP contribution in [-0.2, 0) is 4.74 Å². The highest BCUT2D eigenvalue weighted by atomic mass is 35.5. The SMILES string of the molecule is COCC(C)Nc1nc2c(Cl)cccc2s1. The molecule has 0 bridgehead atoms. The van der Waals surface area contributed by atoms with Gasteiger partial charge in [0.25, 0.3) is 0 Å². The van der Waals surface area contributed by atoms with Gasteiger partial charge in [0.15, 0.2) is 5.13 Å². The maximum Gasteiger partial charge on any atom is 0.184 e. The van der Waals surface area contributed by atoms with Gasteiger partial charge in [-0.3, -0.25) is 0 Å². The lowest BCUT2D eigenvalue weighted by Crippen LogP contribution is -2.20. The first-order valence-corrected chi connectivity index (χ1v) is 6.20. The summed E-state index contributed by atoms with van der Waals surface area (Å²) >= 11 is 7.66. The molecule has 0 fully saturated rings. The van der Waals surface area contributed by atoms with E-state index < -0.39 is 0 Å². The number of anilines is 1. The lowest BCUT2D eigenvalue weighted by atomic mass is 10.3. The number of aromatic nitrogens is 1. The lowest BCUT2D eigenvalue weighted by Gasteiger charge is -2.10. The summed E-state index contributed by atoms with van der Waals surface area (Å²) in [6, 6.07) is 6.05. The monoisotopic (exact) mass is 256 g/mol. The molecule has 0 saturated heterocycles. The molecule has 1 aromatic heterocycles. The van der Waals surface area contributed by atoms with Crippen molar-refractivity contribution in [1.29, 1.82) is 0 Å². The van der Waals surface area contributed by atoms with Gasteiger partial charge in [0.05, 0.1) is 16.3 Å². The van der Waals surface area contributed by atoms with Gasteiger partial charge in [-0.05, 0) is 19.1 Å². The summed E-state index contributed by atoms with van der Waals surface area (Å²) in [4.78, 5) is 4.45. The van der Waals surface area contributed by atoms with Crippen LogP contribution in [0.2, 0.25) is 5.02 Å². The summed E-state index contributed by atoms with van der Waals surface area (Å²) in [6.07, 6.45) is 0. The van der Waals surface area contributed by atoms with Gasteiger partial charge in [0.1, 0.15) is 5.52 Å². The molecule has 1 N–H and O–H groups in total. The third kappa shape index (κ3) is 2.45. The number of nitrogens with zero attached hydrogens (tertiary/aromatic N) is 1. The Morgan fingerprint density at radius 2 is 2.38 bits per heavy atom. The zero-order valence-electron chi connectivity index (χ0n) is 9.16. The number of methoxy groups -OCH3 is 1. The minimum absolute atomic E-state index is 0.240. The van der Waals surface area contributed by atoms with Crippen LogP contribution in [0.15, 0.2) is 18.2 Å². The van der Waals surface area contributed by atoms with Crippen molar-refractivity contribution >= 4 is 38.3 Å². The molecule has 0 aliphatic rings. The van der Waals surface area contributed by atoms with Crippen LogP contribution in [0.1, 0.15) is 6.92 Å². The minimum atomic E-state index is 0.240. The standard InChI is InChI=1S/C11H13ClN2OS/c1-7(6-15-2)13-11-14-10-8(12)4-3-5-9(10)16-11/h3-5,7H,6H2,1-2H3,(H,13,14). The van der Waals surface area contributed by atoms with E-state index in [0.717, 1.165) is 15.3 Å². The second-order valence-electron chi connectivity index (χ2n) is 3.61. The third-order valence-corrected chi connectivity index (χ3v) is 3.41. The molecule has 2 rings (SSSR count). The Labute approximate surface area is 103 Å². The van der Waals surface area contributed by atoms with Crippen LogP contribution in [0.25, 0.3) is 10.2 Å². The normalized spacial score (nSPS) is 12.9. The Bertz CT molecular complexity index is 486. The van der Waals surface area contributed by atoms with Crippen LogP contribution in [0.4, 0.5) is 5.13 Å². The number of fused-ring (bicyclic) bond motifs is 1. The molecule has 0 spiro atoms. The number of para-hydroxylation sites is 1. The molecule has 16 heavy (non-hydrogen) atoms. The zero-order chi connectivity index (χ0) is 11.5. The third-order valence-electron chi connectivity index (χ3n) is 2.16. The summed E-state index contributed by atoms with van der Waals surface area (Å²) in [5.41, 5.74) is 0.862. The van der Waals surface area contributed by atoms with Crippen LogP contribution >= 0.6 is 22.9 Å². The molecule has 0 aliphatic heterocycles. The molecular weight excluding hydrogens is 244 g/mol. The highest BCUT2D eigenvalue weighted by Gasteiger charge is 2.08. The number of halogens is 1. The van der Waals surface area contributed by atoms with E-state index in [2.05, 4.69) is 17.2 Å². The van der Waals surface area contributed by atoms with Gasteiger partial charge in [0, 0.05) is 13.2 Å². The Balaban J connectivity index is 2.23. The van der Waals surface area contributed by atoms with Crippen molar-refractivity contribution in [3.05, 3.63) is 23.2 Å². The number of thiazole rings is 1. The Kier molecular flexibility index (Phi) is 3.63. The van der Waals surface area contributed by atoms with Crippen molar-refractivity contribution in [2.24, 2.45) is 0 Å². The number of benzene rings is 1. The minimum Gasteiger partial charge on any atom is -0.383 e. The number of ether oxygens (including phenoxy) is 1. The Hall–Kier alpha value is -0.840. The molecule has 1 aromatic carbocycles. The predicted molar refractivity (Wildman–Crippen MR) is 69.6 cm³/mol. The number of rotatable bonds is 4. The van der Waals surface area contributed by atoms with Crippen molar-refractivity contribution in [1.82, 2.24) is 4.98 Å². The highest BCUT2D eigenvalue weighted by molar-refractivity contribution is 7.22. The quantitative estimate of drug-likeness (QED) is 0.911. The van der Waals surface area contributed by atoms with Crippen molar-refractivity contribution in [3.8, 4) is 0 Å². The summed E-state index contributed by atoms with van der Waals surface area (Å²) in [7, 11) is 1.69. The molecule has 1 atom stereocenters. The maximum atomic E-state index is 6.06. The Morgan fingerprint density at radius 1 is 1.56 bits per heavy atom. The van der Waals surface area contributed by atoms with Crippen molar-refractivity contribution in [2.45, 2.75) is 13.0 Å². The van der Waals surface area contributed by atoms with Gasteiger partial charge in [-0.2, -0.15) is 0 Å². The first kappa shape index (κ1) is 11.6. The van der Waals surface area contributed by atoms with E-state index >= 15 is 0 Å². The van der Waals surface area contributed by atoms with Crippen LogP contribution in [0.5, 0.6) is 0 Å². The van der Waals surface area contributed by atoms with Gasteiger partial charge in [0.2, 0.25) is 0 Å². The molecule has 5 heteroatoms. The molecule has 0 radical (unpaired) electrons. The van der Waals surface area contributed by atoms with E-state index in [-0.39, 0.29) is 6.04 Å². The molecule has 0 saturated carbocycles. The summed E-state index contributed by atoms with van der Waals surface area (Å²) < 4.78 is 6.16. The largest absolute Gasteiger partial charge is 0.383 e.